The van der Waals surface area contributed by atoms with Crippen LogP contribution in [-0.4, -0.2) is 48.1 Å². The molecule has 1 aromatic rings. The Bertz CT molecular complexity index is 464. The molecule has 1 N–H and O–H groups in total. The van der Waals surface area contributed by atoms with Crippen LogP contribution in [0.3, 0.4) is 0 Å². The number of ether oxygens (including phenoxy) is 1. The third-order valence-corrected chi connectivity index (χ3v) is 3.28. The Labute approximate surface area is 124 Å². The van der Waals surface area contributed by atoms with E-state index in [1.165, 1.54) is 4.90 Å². The maximum atomic E-state index is 10.9. The van der Waals surface area contributed by atoms with Crippen molar-refractivity contribution < 1.29 is 19.5 Å². The molecule has 1 saturated heterocycles. The van der Waals surface area contributed by atoms with E-state index in [1.807, 2.05) is 30.3 Å². The highest BCUT2D eigenvalue weighted by Crippen LogP contribution is 2.12. The quantitative estimate of drug-likeness (QED) is 0.645. The summed E-state index contributed by atoms with van der Waals surface area (Å²) < 4.78 is 5.58. The lowest BCUT2D eigenvalue weighted by Crippen LogP contribution is -2.42. The van der Waals surface area contributed by atoms with E-state index in [1.54, 1.807) is 6.21 Å². The predicted octanol–water partition coefficient (Wildman–Crippen LogP) is 2.35. The molecule has 1 amide bonds. The van der Waals surface area contributed by atoms with Crippen molar-refractivity contribution in [2.75, 3.05) is 19.7 Å². The zero-order valence-corrected chi connectivity index (χ0v) is 11.9. The Morgan fingerprint density at radius 1 is 1.43 bits per heavy atom. The molecule has 6 heteroatoms. The standard InChI is InChI=1S/C15H20N2O4/c18-15(19)17-9-4-7-14(11-17)20-10-8-16-21-12-13-5-2-1-3-6-13/h1-3,5-6,8,14H,4,7,9-12H2,(H,18,19). The van der Waals surface area contributed by atoms with Crippen LogP contribution in [0.1, 0.15) is 18.4 Å². The minimum Gasteiger partial charge on any atom is -0.465 e. The maximum absolute atomic E-state index is 10.9. The van der Waals surface area contributed by atoms with Gasteiger partial charge >= 0.3 is 6.09 Å². The Balaban J connectivity index is 1.60. The highest BCUT2D eigenvalue weighted by molar-refractivity contribution is 5.65. The second-order valence-electron chi connectivity index (χ2n) is 4.87. The second kappa shape index (κ2) is 8.26. The lowest BCUT2D eigenvalue weighted by atomic mass is 10.1. The fourth-order valence-electron chi connectivity index (χ4n) is 2.20. The molecule has 2 rings (SSSR count). The first-order chi connectivity index (χ1) is 10.3. The van der Waals surface area contributed by atoms with Crippen LogP contribution in [-0.2, 0) is 16.2 Å². The molecule has 0 aromatic heterocycles. The molecule has 1 fully saturated rings. The smallest absolute Gasteiger partial charge is 0.407 e. The predicted molar refractivity (Wildman–Crippen MR) is 78.3 cm³/mol. The van der Waals surface area contributed by atoms with Gasteiger partial charge in [-0.2, -0.15) is 0 Å². The largest absolute Gasteiger partial charge is 0.465 e. The number of hydrogen-bond donors (Lipinski definition) is 1. The average Bonchev–Trinajstić information content (AvgIpc) is 2.52. The zero-order chi connectivity index (χ0) is 14.9. The number of likely N-dealkylation sites (tertiary alicyclic amines) is 1. The highest BCUT2D eigenvalue weighted by Gasteiger charge is 2.23. The molecule has 0 bridgehead atoms. The van der Waals surface area contributed by atoms with Crippen molar-refractivity contribution in [3.05, 3.63) is 35.9 Å². The molecule has 0 aliphatic carbocycles. The molecule has 1 unspecified atom stereocenters. The van der Waals surface area contributed by atoms with Gasteiger partial charge in [-0.05, 0) is 18.4 Å². The summed E-state index contributed by atoms with van der Waals surface area (Å²) in [4.78, 5) is 17.4. The average molecular weight is 292 g/mol. The monoisotopic (exact) mass is 292 g/mol. The number of piperidine rings is 1. The fraction of sp³-hybridized carbons (Fsp3) is 0.467. The molecule has 1 atom stereocenters. The lowest BCUT2D eigenvalue weighted by molar-refractivity contribution is 0.0206. The lowest BCUT2D eigenvalue weighted by Gasteiger charge is -2.30. The molecule has 1 aliphatic rings. The molecular formula is C15H20N2O4. The first kappa shape index (κ1) is 15.3. The Morgan fingerprint density at radius 2 is 2.24 bits per heavy atom. The molecule has 6 nitrogen and oxygen atoms in total. The minimum atomic E-state index is -0.886. The van der Waals surface area contributed by atoms with Gasteiger partial charge in [0.15, 0.2) is 0 Å². The Hall–Kier alpha value is -2.08. The summed E-state index contributed by atoms with van der Waals surface area (Å²) in [5, 5.41) is 12.8. The van der Waals surface area contributed by atoms with Crippen molar-refractivity contribution in [3.63, 3.8) is 0 Å². The second-order valence-corrected chi connectivity index (χ2v) is 4.87. The minimum absolute atomic E-state index is 0.0598. The normalized spacial score (nSPS) is 18.9. The summed E-state index contributed by atoms with van der Waals surface area (Å²) in [6, 6.07) is 9.78. The van der Waals surface area contributed by atoms with Gasteiger partial charge in [0.25, 0.3) is 0 Å². The van der Waals surface area contributed by atoms with Gasteiger partial charge in [-0.15, -0.1) is 0 Å². The summed E-state index contributed by atoms with van der Waals surface area (Å²) in [6.45, 7) is 1.76. The van der Waals surface area contributed by atoms with E-state index in [-0.39, 0.29) is 6.10 Å². The van der Waals surface area contributed by atoms with E-state index in [4.69, 9.17) is 14.7 Å². The van der Waals surface area contributed by atoms with Crippen LogP contribution in [0.4, 0.5) is 4.79 Å². The van der Waals surface area contributed by atoms with Gasteiger partial charge in [-0.25, -0.2) is 4.79 Å². The SMILES string of the molecule is O=C(O)N1CCCC(OCC=NOCc2ccccc2)C1. The Morgan fingerprint density at radius 3 is 3.00 bits per heavy atom. The summed E-state index contributed by atoms with van der Waals surface area (Å²) in [7, 11) is 0. The van der Waals surface area contributed by atoms with Gasteiger partial charge in [0.1, 0.15) is 6.61 Å². The summed E-state index contributed by atoms with van der Waals surface area (Å²) in [6.07, 6.45) is 2.32. The summed E-state index contributed by atoms with van der Waals surface area (Å²) >= 11 is 0. The molecule has 21 heavy (non-hydrogen) atoms. The van der Waals surface area contributed by atoms with Crippen molar-refractivity contribution in [3.8, 4) is 0 Å². The third-order valence-electron chi connectivity index (χ3n) is 3.28. The Kier molecular flexibility index (Phi) is 6.02. The number of nitrogens with zero attached hydrogens (tertiary/aromatic N) is 2. The molecular weight excluding hydrogens is 272 g/mol. The van der Waals surface area contributed by atoms with E-state index in [9.17, 15) is 4.79 Å². The van der Waals surface area contributed by atoms with Crippen LogP contribution in [0.5, 0.6) is 0 Å². The van der Waals surface area contributed by atoms with E-state index in [0.29, 0.717) is 26.3 Å². The van der Waals surface area contributed by atoms with Crippen LogP contribution < -0.4 is 0 Å². The number of rotatable bonds is 6. The number of hydrogen-bond acceptors (Lipinski definition) is 4. The summed E-state index contributed by atoms with van der Waals surface area (Å²) in [5.41, 5.74) is 1.06. The number of amides is 1. The van der Waals surface area contributed by atoms with Gasteiger partial charge in [-0.3, -0.25) is 0 Å². The molecule has 0 saturated carbocycles. The highest BCUT2D eigenvalue weighted by atomic mass is 16.6. The van der Waals surface area contributed by atoms with Crippen LogP contribution in [0.25, 0.3) is 0 Å². The molecule has 0 radical (unpaired) electrons. The van der Waals surface area contributed by atoms with Crippen LogP contribution >= 0.6 is 0 Å². The molecule has 1 aliphatic heterocycles. The van der Waals surface area contributed by atoms with Crippen molar-refractivity contribution in [1.82, 2.24) is 4.90 Å². The molecule has 0 spiro atoms. The fourth-order valence-corrected chi connectivity index (χ4v) is 2.20. The van der Waals surface area contributed by atoms with E-state index < -0.39 is 6.09 Å². The molecule has 114 valence electrons. The zero-order valence-electron chi connectivity index (χ0n) is 11.9. The van der Waals surface area contributed by atoms with Crippen LogP contribution in [0.15, 0.2) is 35.5 Å². The van der Waals surface area contributed by atoms with Gasteiger partial charge in [0, 0.05) is 6.54 Å². The van der Waals surface area contributed by atoms with Gasteiger partial charge in [-0.1, -0.05) is 35.5 Å². The van der Waals surface area contributed by atoms with Gasteiger partial charge in [0.05, 0.1) is 25.5 Å². The number of oxime groups is 1. The van der Waals surface area contributed by atoms with Crippen LogP contribution in [0.2, 0.25) is 0 Å². The molecule has 1 aromatic carbocycles. The number of carbonyl (C=O) groups is 1. The van der Waals surface area contributed by atoms with Crippen molar-refractivity contribution >= 4 is 12.3 Å². The van der Waals surface area contributed by atoms with E-state index >= 15 is 0 Å². The van der Waals surface area contributed by atoms with Gasteiger partial charge in [0.2, 0.25) is 0 Å². The van der Waals surface area contributed by atoms with Crippen molar-refractivity contribution in [2.24, 2.45) is 5.16 Å². The van der Waals surface area contributed by atoms with E-state index in [2.05, 4.69) is 5.16 Å². The maximum Gasteiger partial charge on any atom is 0.407 e. The van der Waals surface area contributed by atoms with Crippen molar-refractivity contribution in [2.45, 2.75) is 25.6 Å². The number of benzene rings is 1. The molecule has 1 heterocycles. The van der Waals surface area contributed by atoms with E-state index in [0.717, 1.165) is 18.4 Å². The first-order valence-corrected chi connectivity index (χ1v) is 7.03. The summed E-state index contributed by atoms with van der Waals surface area (Å²) in [5.74, 6) is 0. The van der Waals surface area contributed by atoms with Crippen molar-refractivity contribution in [1.29, 1.82) is 0 Å². The third kappa shape index (κ3) is 5.43. The number of carboxylic acid groups (broad SMARTS) is 1. The topological polar surface area (TPSA) is 71.4 Å². The first-order valence-electron chi connectivity index (χ1n) is 7.03. The van der Waals surface area contributed by atoms with Gasteiger partial charge < -0.3 is 19.6 Å². The van der Waals surface area contributed by atoms with Crippen LogP contribution in [0, 0.1) is 0 Å².